The second-order valence-corrected chi connectivity index (χ2v) is 9.14. The molecule has 0 saturated heterocycles. The van der Waals surface area contributed by atoms with Crippen molar-refractivity contribution in [3.05, 3.63) is 59.7 Å². The lowest BCUT2D eigenvalue weighted by molar-refractivity contribution is -0.148. The Hall–Kier alpha value is -3.35. The van der Waals surface area contributed by atoms with E-state index >= 15 is 0 Å². The van der Waals surface area contributed by atoms with Gasteiger partial charge in [0.05, 0.1) is 5.41 Å². The number of carboxylic acids is 1. The molecule has 1 atom stereocenters. The summed E-state index contributed by atoms with van der Waals surface area (Å²) < 4.78 is 5.52. The van der Waals surface area contributed by atoms with Crippen LogP contribution >= 0.6 is 0 Å². The molecule has 4 rings (SSSR count). The van der Waals surface area contributed by atoms with Crippen LogP contribution in [0.3, 0.4) is 0 Å². The molecule has 2 aromatic rings. The first-order valence-electron chi connectivity index (χ1n) is 11.5. The quantitative estimate of drug-likeness (QED) is 0.562. The number of alkyl carbamates (subject to hydrolysis) is 1. The number of hydrogen-bond acceptors (Lipinski definition) is 4. The molecule has 0 aliphatic heterocycles. The molecule has 0 unspecified atom stereocenters. The largest absolute Gasteiger partial charge is 0.481 e. The van der Waals surface area contributed by atoms with Crippen molar-refractivity contribution in [2.45, 2.75) is 51.0 Å². The summed E-state index contributed by atoms with van der Waals surface area (Å²) in [6, 6.07) is 15.8. The Morgan fingerprint density at radius 1 is 1.03 bits per heavy atom. The van der Waals surface area contributed by atoms with E-state index in [4.69, 9.17) is 4.74 Å². The van der Waals surface area contributed by atoms with E-state index in [0.717, 1.165) is 35.1 Å². The zero-order valence-corrected chi connectivity index (χ0v) is 18.8. The van der Waals surface area contributed by atoms with Gasteiger partial charge in [0.15, 0.2) is 0 Å². The summed E-state index contributed by atoms with van der Waals surface area (Å²) in [5, 5.41) is 15.0. The molecule has 0 radical (unpaired) electrons. The van der Waals surface area contributed by atoms with Crippen LogP contribution < -0.4 is 10.6 Å². The van der Waals surface area contributed by atoms with E-state index in [0.29, 0.717) is 12.8 Å². The van der Waals surface area contributed by atoms with Crippen molar-refractivity contribution in [3.8, 4) is 11.1 Å². The average Bonchev–Trinajstić information content (AvgIpc) is 3.40. The van der Waals surface area contributed by atoms with Gasteiger partial charge in [0, 0.05) is 24.9 Å². The summed E-state index contributed by atoms with van der Waals surface area (Å²) >= 11 is 0. The zero-order chi connectivity index (χ0) is 23.4. The summed E-state index contributed by atoms with van der Waals surface area (Å²) in [6.45, 7) is 2.06. The van der Waals surface area contributed by atoms with Gasteiger partial charge in [-0.25, -0.2) is 4.79 Å². The maximum Gasteiger partial charge on any atom is 0.407 e. The third-order valence-electron chi connectivity index (χ3n) is 6.84. The van der Waals surface area contributed by atoms with Crippen LogP contribution in [-0.2, 0) is 14.3 Å². The Morgan fingerprint density at radius 2 is 1.61 bits per heavy atom. The second-order valence-electron chi connectivity index (χ2n) is 9.14. The number of amides is 2. The molecule has 0 bridgehead atoms. The van der Waals surface area contributed by atoms with E-state index in [1.54, 1.807) is 6.92 Å². The standard InChI is InChI=1S/C26H30N2O5/c1-17(14-23(29)27-16-26(24(30)31)12-6-7-13-26)28-25(32)33-15-22-20-10-4-2-8-18(20)19-9-3-5-11-21(19)22/h2-5,8-11,17,22H,6-7,12-16H2,1H3,(H,27,29)(H,28,32)(H,30,31)/t17-/m0/s1. The normalized spacial score (nSPS) is 17.0. The van der Waals surface area contributed by atoms with Gasteiger partial charge in [-0.15, -0.1) is 0 Å². The number of nitrogens with one attached hydrogen (secondary N) is 2. The van der Waals surface area contributed by atoms with Crippen LogP contribution in [0, 0.1) is 5.41 Å². The van der Waals surface area contributed by atoms with Crippen LogP contribution in [0.15, 0.2) is 48.5 Å². The third kappa shape index (κ3) is 4.87. The highest BCUT2D eigenvalue weighted by atomic mass is 16.5. The van der Waals surface area contributed by atoms with Crippen molar-refractivity contribution in [2.24, 2.45) is 5.41 Å². The number of aliphatic carboxylic acids is 1. The van der Waals surface area contributed by atoms with Gasteiger partial charge in [0.2, 0.25) is 5.91 Å². The monoisotopic (exact) mass is 450 g/mol. The summed E-state index contributed by atoms with van der Waals surface area (Å²) in [5.74, 6) is -1.17. The molecule has 2 aliphatic rings. The molecule has 7 nitrogen and oxygen atoms in total. The van der Waals surface area contributed by atoms with Gasteiger partial charge in [0.1, 0.15) is 6.61 Å². The Balaban J connectivity index is 1.26. The lowest BCUT2D eigenvalue weighted by atomic mass is 9.86. The third-order valence-corrected chi connectivity index (χ3v) is 6.84. The average molecular weight is 451 g/mol. The predicted molar refractivity (Wildman–Crippen MR) is 124 cm³/mol. The van der Waals surface area contributed by atoms with Crippen molar-refractivity contribution in [1.82, 2.24) is 10.6 Å². The van der Waals surface area contributed by atoms with Gasteiger partial charge < -0.3 is 20.5 Å². The van der Waals surface area contributed by atoms with Crippen molar-refractivity contribution in [1.29, 1.82) is 0 Å². The number of ether oxygens (including phenoxy) is 1. The highest BCUT2D eigenvalue weighted by Crippen LogP contribution is 2.44. The van der Waals surface area contributed by atoms with Crippen LogP contribution in [0.5, 0.6) is 0 Å². The Labute approximate surface area is 193 Å². The van der Waals surface area contributed by atoms with Gasteiger partial charge in [0.25, 0.3) is 0 Å². The number of carboxylic acid groups (broad SMARTS) is 1. The smallest absolute Gasteiger partial charge is 0.407 e. The van der Waals surface area contributed by atoms with Crippen LogP contribution in [0.4, 0.5) is 4.79 Å². The molecule has 33 heavy (non-hydrogen) atoms. The van der Waals surface area contributed by atoms with Crippen LogP contribution in [0.1, 0.15) is 56.1 Å². The molecule has 0 heterocycles. The van der Waals surface area contributed by atoms with Gasteiger partial charge in [-0.3, -0.25) is 9.59 Å². The predicted octanol–water partition coefficient (Wildman–Crippen LogP) is 4.06. The first kappa shape index (κ1) is 22.8. The maximum absolute atomic E-state index is 12.4. The number of rotatable bonds is 8. The summed E-state index contributed by atoms with van der Waals surface area (Å²) in [4.78, 5) is 36.3. The van der Waals surface area contributed by atoms with Crippen molar-refractivity contribution in [2.75, 3.05) is 13.2 Å². The van der Waals surface area contributed by atoms with Crippen LogP contribution in [0.2, 0.25) is 0 Å². The molecule has 7 heteroatoms. The number of hydrogen-bond donors (Lipinski definition) is 3. The van der Waals surface area contributed by atoms with E-state index < -0.39 is 23.5 Å². The van der Waals surface area contributed by atoms with E-state index in [9.17, 15) is 19.5 Å². The molecule has 2 aromatic carbocycles. The minimum atomic E-state index is -0.862. The number of carbonyl (C=O) groups excluding carboxylic acids is 2. The molecule has 3 N–H and O–H groups in total. The molecule has 2 amide bonds. The fourth-order valence-electron chi connectivity index (χ4n) is 5.03. The highest BCUT2D eigenvalue weighted by Gasteiger charge is 2.41. The van der Waals surface area contributed by atoms with Crippen molar-refractivity contribution in [3.63, 3.8) is 0 Å². The van der Waals surface area contributed by atoms with Gasteiger partial charge in [-0.2, -0.15) is 0 Å². The topological polar surface area (TPSA) is 105 Å². The lowest BCUT2D eigenvalue weighted by Crippen LogP contribution is -2.43. The van der Waals surface area contributed by atoms with Crippen molar-refractivity contribution >= 4 is 18.0 Å². The fourth-order valence-corrected chi connectivity index (χ4v) is 5.03. The summed E-state index contributed by atoms with van der Waals surface area (Å²) in [6.07, 6.45) is 2.37. The fraction of sp³-hybridized carbons (Fsp3) is 0.423. The second kappa shape index (κ2) is 9.65. The minimum absolute atomic E-state index is 0.0274. The van der Waals surface area contributed by atoms with Gasteiger partial charge in [-0.1, -0.05) is 61.4 Å². The van der Waals surface area contributed by atoms with Crippen molar-refractivity contribution < 1.29 is 24.2 Å². The molecule has 0 spiro atoms. The van der Waals surface area contributed by atoms with Gasteiger partial charge in [-0.05, 0) is 42.0 Å². The molecule has 2 aliphatic carbocycles. The van der Waals surface area contributed by atoms with E-state index in [-0.39, 0.29) is 31.4 Å². The Morgan fingerprint density at radius 3 is 2.18 bits per heavy atom. The molecular weight excluding hydrogens is 420 g/mol. The SMILES string of the molecule is C[C@@H](CC(=O)NCC1(C(=O)O)CCCC1)NC(=O)OCC1c2ccccc2-c2ccccc21. The number of benzene rings is 2. The minimum Gasteiger partial charge on any atom is -0.481 e. The molecule has 1 saturated carbocycles. The summed E-state index contributed by atoms with van der Waals surface area (Å²) in [7, 11) is 0. The van der Waals surface area contributed by atoms with E-state index in [2.05, 4.69) is 34.9 Å². The summed E-state index contributed by atoms with van der Waals surface area (Å²) in [5.41, 5.74) is 3.73. The van der Waals surface area contributed by atoms with E-state index in [1.165, 1.54) is 0 Å². The maximum atomic E-state index is 12.4. The first-order valence-corrected chi connectivity index (χ1v) is 11.5. The highest BCUT2D eigenvalue weighted by molar-refractivity contribution is 5.81. The molecule has 174 valence electrons. The molecule has 1 fully saturated rings. The van der Waals surface area contributed by atoms with Crippen LogP contribution in [0.25, 0.3) is 11.1 Å². The van der Waals surface area contributed by atoms with E-state index in [1.807, 2.05) is 24.3 Å². The Kier molecular flexibility index (Phi) is 6.67. The molecular formula is C26H30N2O5. The molecule has 0 aromatic heterocycles. The first-order chi connectivity index (χ1) is 15.9. The number of fused-ring (bicyclic) bond motifs is 3. The Bertz CT molecular complexity index is 999. The number of carbonyl (C=O) groups is 3. The van der Waals surface area contributed by atoms with Crippen LogP contribution in [-0.4, -0.2) is 42.3 Å². The van der Waals surface area contributed by atoms with Gasteiger partial charge >= 0.3 is 12.1 Å². The zero-order valence-electron chi connectivity index (χ0n) is 18.8. The lowest BCUT2D eigenvalue weighted by Gasteiger charge is -2.24.